The van der Waals surface area contributed by atoms with Gasteiger partial charge in [-0.1, -0.05) is 0 Å². The summed E-state index contributed by atoms with van der Waals surface area (Å²) >= 11 is 0. The SMILES string of the molecule is CCn1cc(COC2CCCNC2)cn1. The quantitative estimate of drug-likeness (QED) is 0.809. The average molecular weight is 209 g/mol. The molecule has 84 valence electrons. The fraction of sp³-hybridized carbons (Fsp3) is 0.727. The molecule has 1 atom stereocenters. The fourth-order valence-corrected chi connectivity index (χ4v) is 1.83. The molecule has 4 nitrogen and oxygen atoms in total. The van der Waals surface area contributed by atoms with E-state index < -0.39 is 0 Å². The molecule has 0 aromatic carbocycles. The van der Waals surface area contributed by atoms with E-state index in [1.807, 2.05) is 10.9 Å². The van der Waals surface area contributed by atoms with Crippen LogP contribution in [0.2, 0.25) is 0 Å². The van der Waals surface area contributed by atoms with Crippen LogP contribution in [0.15, 0.2) is 12.4 Å². The van der Waals surface area contributed by atoms with Crippen molar-refractivity contribution >= 4 is 0 Å². The van der Waals surface area contributed by atoms with Gasteiger partial charge >= 0.3 is 0 Å². The Balaban J connectivity index is 1.76. The normalized spacial score (nSPS) is 21.8. The zero-order valence-corrected chi connectivity index (χ0v) is 9.28. The van der Waals surface area contributed by atoms with Crippen LogP contribution in [0.5, 0.6) is 0 Å². The van der Waals surface area contributed by atoms with E-state index in [0.29, 0.717) is 12.7 Å². The maximum Gasteiger partial charge on any atom is 0.0751 e. The van der Waals surface area contributed by atoms with Gasteiger partial charge in [0.05, 0.1) is 18.9 Å². The summed E-state index contributed by atoms with van der Waals surface area (Å²) in [5, 5.41) is 7.56. The third kappa shape index (κ3) is 3.04. The van der Waals surface area contributed by atoms with E-state index in [1.54, 1.807) is 0 Å². The van der Waals surface area contributed by atoms with Crippen LogP contribution in [0.25, 0.3) is 0 Å². The molecule has 0 aliphatic carbocycles. The van der Waals surface area contributed by atoms with Gasteiger partial charge in [-0.2, -0.15) is 5.10 Å². The molecule has 1 fully saturated rings. The smallest absolute Gasteiger partial charge is 0.0751 e. The van der Waals surface area contributed by atoms with Gasteiger partial charge in [-0.15, -0.1) is 0 Å². The summed E-state index contributed by atoms with van der Waals surface area (Å²) in [6, 6.07) is 0. The molecule has 1 aromatic heterocycles. The van der Waals surface area contributed by atoms with Gasteiger partial charge in [0.2, 0.25) is 0 Å². The predicted molar refractivity (Wildman–Crippen MR) is 58.6 cm³/mol. The van der Waals surface area contributed by atoms with Gasteiger partial charge in [0, 0.05) is 24.8 Å². The summed E-state index contributed by atoms with van der Waals surface area (Å²) < 4.78 is 7.74. The van der Waals surface area contributed by atoms with Gasteiger partial charge < -0.3 is 10.1 Å². The van der Waals surface area contributed by atoms with Crippen molar-refractivity contribution in [3.8, 4) is 0 Å². The number of nitrogens with zero attached hydrogens (tertiary/aromatic N) is 2. The summed E-state index contributed by atoms with van der Waals surface area (Å²) in [6.07, 6.45) is 6.72. The standard InChI is InChI=1S/C11H19N3O/c1-2-14-8-10(6-13-14)9-15-11-4-3-5-12-7-11/h6,8,11-12H,2-5,7,9H2,1H3. The molecule has 0 spiro atoms. The van der Waals surface area contributed by atoms with Crippen molar-refractivity contribution in [2.75, 3.05) is 13.1 Å². The summed E-state index contributed by atoms with van der Waals surface area (Å²) in [5.41, 5.74) is 1.17. The molecule has 1 aliphatic heterocycles. The van der Waals surface area contributed by atoms with Crippen LogP contribution in [0.1, 0.15) is 25.3 Å². The Bertz CT molecular complexity index is 292. The molecule has 0 saturated carbocycles. The van der Waals surface area contributed by atoms with Crippen LogP contribution in [0.3, 0.4) is 0 Å². The lowest BCUT2D eigenvalue weighted by molar-refractivity contribution is 0.0252. The van der Waals surface area contributed by atoms with Gasteiger partial charge in [-0.3, -0.25) is 4.68 Å². The van der Waals surface area contributed by atoms with Crippen LogP contribution < -0.4 is 5.32 Å². The Kier molecular flexibility index (Phi) is 3.75. The first-order valence-corrected chi connectivity index (χ1v) is 5.72. The summed E-state index contributed by atoms with van der Waals surface area (Å²) in [5.74, 6) is 0. The molecule has 1 saturated heterocycles. The predicted octanol–water partition coefficient (Wildman–Crippen LogP) is 1.17. The second kappa shape index (κ2) is 5.28. The molecule has 1 aliphatic rings. The number of aromatic nitrogens is 2. The topological polar surface area (TPSA) is 39.1 Å². The molecule has 1 N–H and O–H groups in total. The number of hydrogen-bond acceptors (Lipinski definition) is 3. The summed E-state index contributed by atoms with van der Waals surface area (Å²) in [4.78, 5) is 0. The number of ether oxygens (including phenoxy) is 1. The second-order valence-corrected chi connectivity index (χ2v) is 3.98. The first kappa shape index (κ1) is 10.6. The number of hydrogen-bond donors (Lipinski definition) is 1. The Morgan fingerprint density at radius 3 is 3.27 bits per heavy atom. The van der Waals surface area contributed by atoms with Crippen molar-refractivity contribution in [1.29, 1.82) is 0 Å². The highest BCUT2D eigenvalue weighted by Gasteiger charge is 2.13. The highest BCUT2D eigenvalue weighted by molar-refractivity contribution is 5.01. The van der Waals surface area contributed by atoms with Crippen LogP contribution >= 0.6 is 0 Å². The minimum atomic E-state index is 0.378. The number of rotatable bonds is 4. The first-order chi connectivity index (χ1) is 7.38. The molecule has 0 amide bonds. The molecule has 4 heteroatoms. The van der Waals surface area contributed by atoms with E-state index in [9.17, 15) is 0 Å². The van der Waals surface area contributed by atoms with Crippen molar-refractivity contribution in [1.82, 2.24) is 15.1 Å². The van der Waals surface area contributed by atoms with E-state index in [2.05, 4.69) is 23.5 Å². The van der Waals surface area contributed by atoms with Gasteiger partial charge in [0.1, 0.15) is 0 Å². The minimum absolute atomic E-state index is 0.378. The lowest BCUT2D eigenvalue weighted by atomic mass is 10.1. The number of aryl methyl sites for hydroxylation is 1. The molecule has 0 bridgehead atoms. The molecule has 2 rings (SSSR count). The fourth-order valence-electron chi connectivity index (χ4n) is 1.83. The summed E-state index contributed by atoms with van der Waals surface area (Å²) in [6.45, 7) is 5.82. The lowest BCUT2D eigenvalue weighted by Gasteiger charge is -2.22. The number of nitrogens with one attached hydrogen (secondary N) is 1. The van der Waals surface area contributed by atoms with E-state index >= 15 is 0 Å². The Labute approximate surface area is 90.6 Å². The molecule has 2 heterocycles. The second-order valence-electron chi connectivity index (χ2n) is 3.98. The van der Waals surface area contributed by atoms with Crippen LogP contribution in [0.4, 0.5) is 0 Å². The summed E-state index contributed by atoms with van der Waals surface area (Å²) in [7, 11) is 0. The van der Waals surface area contributed by atoms with E-state index in [1.165, 1.54) is 18.4 Å². The first-order valence-electron chi connectivity index (χ1n) is 5.72. The molecular formula is C11H19N3O. The van der Waals surface area contributed by atoms with Gasteiger partial charge in [0.15, 0.2) is 0 Å². The third-order valence-electron chi connectivity index (χ3n) is 2.75. The highest BCUT2D eigenvalue weighted by Crippen LogP contribution is 2.09. The van der Waals surface area contributed by atoms with Crippen molar-refractivity contribution in [3.63, 3.8) is 0 Å². The maximum absolute atomic E-state index is 5.81. The van der Waals surface area contributed by atoms with Crippen molar-refractivity contribution in [3.05, 3.63) is 18.0 Å². The lowest BCUT2D eigenvalue weighted by Crippen LogP contribution is -2.35. The van der Waals surface area contributed by atoms with Crippen LogP contribution in [-0.4, -0.2) is 29.0 Å². The van der Waals surface area contributed by atoms with Gasteiger partial charge in [-0.05, 0) is 26.3 Å². The Hall–Kier alpha value is -0.870. The van der Waals surface area contributed by atoms with E-state index in [0.717, 1.165) is 19.6 Å². The van der Waals surface area contributed by atoms with Crippen molar-refractivity contribution in [2.45, 2.75) is 39.0 Å². The average Bonchev–Trinajstić information content (AvgIpc) is 2.76. The van der Waals surface area contributed by atoms with Gasteiger partial charge in [-0.25, -0.2) is 0 Å². The highest BCUT2D eigenvalue weighted by atomic mass is 16.5. The third-order valence-corrected chi connectivity index (χ3v) is 2.75. The molecule has 0 radical (unpaired) electrons. The Morgan fingerprint density at radius 1 is 1.67 bits per heavy atom. The molecule has 1 aromatic rings. The van der Waals surface area contributed by atoms with Crippen molar-refractivity contribution < 1.29 is 4.74 Å². The Morgan fingerprint density at radius 2 is 2.60 bits per heavy atom. The van der Waals surface area contributed by atoms with Crippen LogP contribution in [-0.2, 0) is 17.9 Å². The molecule has 1 unspecified atom stereocenters. The maximum atomic E-state index is 5.81. The zero-order valence-electron chi connectivity index (χ0n) is 9.28. The van der Waals surface area contributed by atoms with E-state index in [4.69, 9.17) is 4.74 Å². The van der Waals surface area contributed by atoms with Gasteiger partial charge in [0.25, 0.3) is 0 Å². The van der Waals surface area contributed by atoms with Crippen molar-refractivity contribution in [2.24, 2.45) is 0 Å². The van der Waals surface area contributed by atoms with Crippen LogP contribution in [0, 0.1) is 0 Å². The molecule has 15 heavy (non-hydrogen) atoms. The zero-order chi connectivity index (χ0) is 10.5. The molecular weight excluding hydrogens is 190 g/mol. The van der Waals surface area contributed by atoms with E-state index in [-0.39, 0.29) is 0 Å². The number of piperidine rings is 1. The largest absolute Gasteiger partial charge is 0.372 e. The monoisotopic (exact) mass is 209 g/mol. The minimum Gasteiger partial charge on any atom is -0.372 e.